The lowest BCUT2D eigenvalue weighted by Gasteiger charge is -2.57. The molecule has 0 aromatic carbocycles. The van der Waals surface area contributed by atoms with Crippen molar-refractivity contribution in [3.8, 4) is 0 Å². The number of hydrogen-bond donors (Lipinski definition) is 2. The molecule has 1 aromatic rings. The predicted molar refractivity (Wildman–Crippen MR) is 112 cm³/mol. The second-order valence-electron chi connectivity index (χ2n) is 10.1. The highest BCUT2D eigenvalue weighted by molar-refractivity contribution is 5.93. The average Bonchev–Trinajstić information content (AvgIpc) is 3.18. The molecule has 31 heavy (non-hydrogen) atoms. The second kappa shape index (κ2) is 7.62. The molecular weight excluding hydrogens is 398 g/mol. The van der Waals surface area contributed by atoms with E-state index in [9.17, 15) is 14.7 Å². The van der Waals surface area contributed by atoms with Crippen LogP contribution in [-0.2, 0) is 4.74 Å². The van der Waals surface area contributed by atoms with Gasteiger partial charge in [0.2, 0.25) is 5.95 Å². The lowest BCUT2D eigenvalue weighted by atomic mass is 9.53. The Morgan fingerprint density at radius 2 is 1.87 bits per heavy atom. The minimum atomic E-state index is -0.519. The monoisotopic (exact) mass is 429 g/mol. The number of anilines is 1. The number of carbonyl (C=O) groups is 2. The third-order valence-corrected chi connectivity index (χ3v) is 7.48. The van der Waals surface area contributed by atoms with Crippen molar-refractivity contribution in [1.29, 1.82) is 0 Å². The zero-order valence-corrected chi connectivity index (χ0v) is 18.2. The number of hydrogen-bond acceptors (Lipinski definition) is 7. The summed E-state index contributed by atoms with van der Waals surface area (Å²) < 4.78 is 5.99. The minimum Gasteiger partial charge on any atom is -0.446 e. The molecule has 9 nitrogen and oxygen atoms in total. The fraction of sp³-hybridized carbons (Fsp3) is 0.727. The summed E-state index contributed by atoms with van der Waals surface area (Å²) in [7, 11) is 3.37. The third kappa shape index (κ3) is 3.95. The van der Waals surface area contributed by atoms with Gasteiger partial charge in [0.15, 0.2) is 0 Å². The highest BCUT2D eigenvalue weighted by atomic mass is 16.6. The average molecular weight is 430 g/mol. The standard InChI is InChI=1S/C22H31N5O4/c1-26(2)19(28)16-10-23-20(24-11-16)25-17-3-4-27(12-17)21(29)31-18-14-5-13-6-15(18)9-22(30,7-13)8-14/h10-11,13-15,17-18,30H,3-9,12H2,1-2H3,(H,23,24,25). The molecule has 1 aromatic heterocycles. The normalized spacial score (nSPS) is 35.8. The lowest BCUT2D eigenvalue weighted by molar-refractivity contribution is -0.177. The van der Waals surface area contributed by atoms with E-state index in [1.807, 2.05) is 0 Å². The molecule has 2 heterocycles. The van der Waals surface area contributed by atoms with Gasteiger partial charge in [-0.15, -0.1) is 0 Å². The second-order valence-corrected chi connectivity index (χ2v) is 10.1. The number of nitrogens with one attached hydrogen (secondary N) is 1. The molecule has 4 saturated carbocycles. The smallest absolute Gasteiger partial charge is 0.410 e. The summed E-state index contributed by atoms with van der Waals surface area (Å²) in [5.41, 5.74) is -0.0816. The molecule has 4 bridgehead atoms. The van der Waals surface area contributed by atoms with Crippen molar-refractivity contribution < 1.29 is 19.4 Å². The van der Waals surface area contributed by atoms with Crippen LogP contribution < -0.4 is 5.32 Å². The molecule has 3 atom stereocenters. The molecule has 2 amide bonds. The molecule has 1 aliphatic heterocycles. The Kier molecular flexibility index (Phi) is 5.03. The Morgan fingerprint density at radius 3 is 2.48 bits per heavy atom. The van der Waals surface area contributed by atoms with E-state index in [4.69, 9.17) is 4.74 Å². The summed E-state index contributed by atoms with van der Waals surface area (Å²) in [4.78, 5) is 36.5. The summed E-state index contributed by atoms with van der Waals surface area (Å²) >= 11 is 0. The lowest BCUT2D eigenvalue weighted by Crippen LogP contribution is -2.58. The summed E-state index contributed by atoms with van der Waals surface area (Å²) in [6.45, 7) is 1.16. The first-order valence-electron chi connectivity index (χ1n) is 11.3. The third-order valence-electron chi connectivity index (χ3n) is 7.48. The van der Waals surface area contributed by atoms with E-state index in [1.165, 1.54) is 17.3 Å². The summed E-state index contributed by atoms with van der Waals surface area (Å²) in [5.74, 6) is 1.50. The van der Waals surface area contributed by atoms with Gasteiger partial charge in [-0.2, -0.15) is 0 Å². The van der Waals surface area contributed by atoms with Crippen molar-refractivity contribution in [3.63, 3.8) is 0 Å². The Morgan fingerprint density at radius 1 is 1.19 bits per heavy atom. The van der Waals surface area contributed by atoms with E-state index in [-0.39, 0.29) is 24.1 Å². The largest absolute Gasteiger partial charge is 0.446 e. The van der Waals surface area contributed by atoms with E-state index in [0.29, 0.717) is 42.4 Å². The number of aliphatic hydroxyl groups is 1. The molecule has 5 aliphatic rings. The van der Waals surface area contributed by atoms with Crippen molar-refractivity contribution in [2.75, 3.05) is 32.5 Å². The van der Waals surface area contributed by atoms with Crippen molar-refractivity contribution in [3.05, 3.63) is 18.0 Å². The van der Waals surface area contributed by atoms with Gasteiger partial charge in [-0.05, 0) is 56.3 Å². The van der Waals surface area contributed by atoms with Crippen molar-refractivity contribution >= 4 is 17.9 Å². The summed E-state index contributed by atoms with van der Waals surface area (Å²) in [5, 5.41) is 14.0. The van der Waals surface area contributed by atoms with Gasteiger partial charge in [0, 0.05) is 45.6 Å². The van der Waals surface area contributed by atoms with Gasteiger partial charge in [-0.25, -0.2) is 14.8 Å². The van der Waals surface area contributed by atoms with Gasteiger partial charge in [0.1, 0.15) is 6.10 Å². The maximum absolute atomic E-state index is 12.8. The zero-order valence-electron chi connectivity index (χ0n) is 18.2. The van der Waals surface area contributed by atoms with Crippen LogP contribution >= 0.6 is 0 Å². The maximum Gasteiger partial charge on any atom is 0.410 e. The van der Waals surface area contributed by atoms with Crippen molar-refractivity contribution in [2.24, 2.45) is 17.8 Å². The minimum absolute atomic E-state index is 0.0437. The Bertz CT molecular complexity index is 844. The fourth-order valence-corrected chi connectivity index (χ4v) is 6.32. The molecule has 168 valence electrons. The van der Waals surface area contributed by atoms with Gasteiger partial charge in [0.05, 0.1) is 11.2 Å². The van der Waals surface area contributed by atoms with Crippen molar-refractivity contribution in [1.82, 2.24) is 19.8 Å². The number of rotatable bonds is 4. The first-order chi connectivity index (χ1) is 14.8. The van der Waals surface area contributed by atoms with Crippen LogP contribution in [0.1, 0.15) is 48.9 Å². The fourth-order valence-electron chi connectivity index (χ4n) is 6.32. The SMILES string of the molecule is CN(C)C(=O)c1cnc(NC2CCN(C(=O)OC3C4CC5CC3CC(O)(C5)C4)C2)nc1. The zero-order chi connectivity index (χ0) is 21.8. The number of nitrogens with zero attached hydrogens (tertiary/aromatic N) is 4. The van der Waals surface area contributed by atoms with Gasteiger partial charge in [-0.3, -0.25) is 4.79 Å². The van der Waals surface area contributed by atoms with Crippen LogP contribution in [0.5, 0.6) is 0 Å². The molecule has 9 heteroatoms. The number of aromatic nitrogens is 2. The first kappa shape index (κ1) is 20.5. The van der Waals surface area contributed by atoms with E-state index < -0.39 is 5.60 Å². The van der Waals surface area contributed by atoms with Crippen LogP contribution in [-0.4, -0.2) is 81.8 Å². The van der Waals surface area contributed by atoms with E-state index >= 15 is 0 Å². The Hall–Kier alpha value is -2.42. The molecule has 3 unspecified atom stereocenters. The molecule has 1 saturated heterocycles. The number of ether oxygens (including phenoxy) is 1. The highest BCUT2D eigenvalue weighted by Crippen LogP contribution is 2.56. The molecule has 4 aliphatic carbocycles. The summed E-state index contributed by atoms with van der Waals surface area (Å²) in [6.07, 6.45) is 8.12. The van der Waals surface area contributed by atoms with Gasteiger partial charge < -0.3 is 25.0 Å². The van der Waals surface area contributed by atoms with Gasteiger partial charge in [0.25, 0.3) is 5.91 Å². The maximum atomic E-state index is 12.8. The Balaban J connectivity index is 1.14. The van der Waals surface area contributed by atoms with E-state index in [0.717, 1.165) is 38.5 Å². The summed E-state index contributed by atoms with van der Waals surface area (Å²) in [6, 6.07) is 0.0437. The molecule has 0 spiro atoms. The Labute approximate surface area is 182 Å². The number of amides is 2. The van der Waals surface area contributed by atoms with Gasteiger partial charge >= 0.3 is 6.09 Å². The van der Waals surface area contributed by atoms with E-state index in [2.05, 4.69) is 15.3 Å². The first-order valence-corrected chi connectivity index (χ1v) is 11.3. The van der Waals surface area contributed by atoms with Crippen LogP contribution in [0.4, 0.5) is 10.7 Å². The van der Waals surface area contributed by atoms with Crippen LogP contribution in [0.2, 0.25) is 0 Å². The van der Waals surface area contributed by atoms with Crippen LogP contribution in [0.3, 0.4) is 0 Å². The number of carbonyl (C=O) groups excluding carboxylic acids is 2. The van der Waals surface area contributed by atoms with E-state index in [1.54, 1.807) is 19.0 Å². The molecular formula is C22H31N5O4. The van der Waals surface area contributed by atoms with Crippen LogP contribution in [0.15, 0.2) is 12.4 Å². The van der Waals surface area contributed by atoms with Crippen molar-refractivity contribution in [2.45, 2.75) is 56.3 Å². The molecule has 5 fully saturated rings. The number of likely N-dealkylation sites (tertiary alicyclic amines) is 1. The predicted octanol–water partition coefficient (Wildman–Crippen LogP) is 1.74. The topological polar surface area (TPSA) is 108 Å². The molecule has 0 radical (unpaired) electrons. The molecule has 6 rings (SSSR count). The quantitative estimate of drug-likeness (QED) is 0.751. The van der Waals surface area contributed by atoms with Crippen LogP contribution in [0, 0.1) is 17.8 Å². The highest BCUT2D eigenvalue weighted by Gasteiger charge is 2.56. The molecule has 2 N–H and O–H groups in total. The van der Waals surface area contributed by atoms with Gasteiger partial charge in [-0.1, -0.05) is 0 Å². The van der Waals surface area contributed by atoms with Crippen LogP contribution in [0.25, 0.3) is 0 Å².